The molecule has 3 rings (SSSR count). The molecule has 0 spiro atoms. The van der Waals surface area contributed by atoms with E-state index in [1.165, 1.54) is 15.8 Å². The molecule has 2 aromatic carbocycles. The lowest BCUT2D eigenvalue weighted by atomic mass is 10.2. The van der Waals surface area contributed by atoms with Crippen LogP contribution in [0.1, 0.15) is 29.1 Å². The number of fused-ring (bicyclic) bond motifs is 1. The average molecular weight is 414 g/mol. The van der Waals surface area contributed by atoms with Crippen molar-refractivity contribution in [2.45, 2.75) is 25.6 Å². The van der Waals surface area contributed by atoms with E-state index >= 15 is 0 Å². The molecule has 0 aliphatic heterocycles. The largest absolute Gasteiger partial charge is 0.354 e. The van der Waals surface area contributed by atoms with Gasteiger partial charge in [0.2, 0.25) is 5.91 Å². The number of aryl methyl sites for hydroxylation is 1. The molecule has 1 heterocycles. The zero-order valence-corrected chi connectivity index (χ0v) is 18.3. The maximum atomic E-state index is 12.3. The molecule has 0 fully saturated rings. The van der Waals surface area contributed by atoms with E-state index in [4.69, 9.17) is 4.98 Å². The topological polar surface area (TPSA) is 45.2 Å². The lowest BCUT2D eigenvalue weighted by molar-refractivity contribution is -0.122. The Bertz CT molecular complexity index is 875. The van der Waals surface area contributed by atoms with Gasteiger partial charge in [0.1, 0.15) is 5.01 Å². The lowest BCUT2D eigenvalue weighted by Crippen LogP contribution is -2.37. The normalized spacial score (nSPS) is 12.4. The summed E-state index contributed by atoms with van der Waals surface area (Å²) in [5, 5.41) is 4.07. The molecule has 0 unspecified atom stereocenters. The van der Waals surface area contributed by atoms with Crippen LogP contribution in [0.2, 0.25) is 0 Å². The van der Waals surface area contributed by atoms with Gasteiger partial charge in [-0.1, -0.05) is 42.0 Å². The third-order valence-electron chi connectivity index (χ3n) is 4.68. The second-order valence-corrected chi connectivity index (χ2v) is 9.17. The highest BCUT2D eigenvalue weighted by Gasteiger charge is 2.18. The Labute approximate surface area is 175 Å². The van der Waals surface area contributed by atoms with Gasteiger partial charge in [-0.3, -0.25) is 9.69 Å². The van der Waals surface area contributed by atoms with Crippen LogP contribution in [-0.2, 0) is 10.5 Å². The van der Waals surface area contributed by atoms with Crippen LogP contribution in [0.3, 0.4) is 0 Å². The van der Waals surface area contributed by atoms with Crippen molar-refractivity contribution in [2.75, 3.05) is 25.9 Å². The number of thioether (sulfide) groups is 1. The first-order valence-electron chi connectivity index (χ1n) is 9.48. The van der Waals surface area contributed by atoms with Crippen LogP contribution in [0.5, 0.6) is 0 Å². The molecule has 0 aliphatic rings. The number of carbonyl (C=O) groups excluding carboxylic acids is 1. The Morgan fingerprint density at radius 1 is 1.21 bits per heavy atom. The van der Waals surface area contributed by atoms with Crippen molar-refractivity contribution in [3.8, 4) is 0 Å². The number of nitrogens with zero attached hydrogens (tertiary/aromatic N) is 2. The lowest BCUT2D eigenvalue weighted by Gasteiger charge is -2.22. The fourth-order valence-electron chi connectivity index (χ4n) is 2.81. The van der Waals surface area contributed by atoms with Crippen molar-refractivity contribution in [1.82, 2.24) is 15.2 Å². The number of hydrogen-bond donors (Lipinski definition) is 1. The summed E-state index contributed by atoms with van der Waals surface area (Å²) in [6, 6.07) is 16.9. The quantitative estimate of drug-likeness (QED) is 0.519. The van der Waals surface area contributed by atoms with Crippen molar-refractivity contribution in [1.29, 1.82) is 0 Å². The molecule has 148 valence electrons. The summed E-state index contributed by atoms with van der Waals surface area (Å²) >= 11 is 3.54. The van der Waals surface area contributed by atoms with Crippen LogP contribution in [0, 0.1) is 6.92 Å². The second kappa shape index (κ2) is 10.0. The van der Waals surface area contributed by atoms with E-state index in [1.807, 2.05) is 41.9 Å². The van der Waals surface area contributed by atoms with E-state index in [-0.39, 0.29) is 11.9 Å². The van der Waals surface area contributed by atoms with E-state index < -0.39 is 0 Å². The third-order valence-corrected chi connectivity index (χ3v) is 6.92. The highest BCUT2D eigenvalue weighted by atomic mass is 32.2. The Morgan fingerprint density at radius 2 is 1.96 bits per heavy atom. The van der Waals surface area contributed by atoms with Gasteiger partial charge in [-0.25, -0.2) is 4.98 Å². The molecule has 4 nitrogen and oxygen atoms in total. The zero-order valence-electron chi connectivity index (χ0n) is 16.6. The molecule has 1 aromatic heterocycles. The summed E-state index contributed by atoms with van der Waals surface area (Å²) in [6.07, 6.45) is 0. The van der Waals surface area contributed by atoms with Gasteiger partial charge >= 0.3 is 0 Å². The van der Waals surface area contributed by atoms with Crippen LogP contribution in [0.25, 0.3) is 10.2 Å². The van der Waals surface area contributed by atoms with E-state index in [1.54, 1.807) is 11.3 Å². The Morgan fingerprint density at radius 3 is 2.71 bits per heavy atom. The SMILES string of the molecule is Cc1ccc(CSCCNC(=O)CN(C)[C@@H](C)c2nc3ccccc3s2)cc1. The number of benzene rings is 2. The molecule has 6 heteroatoms. The van der Waals surface area contributed by atoms with Gasteiger partial charge in [0.15, 0.2) is 0 Å². The molecule has 0 saturated carbocycles. The van der Waals surface area contributed by atoms with Crippen molar-refractivity contribution >= 4 is 39.2 Å². The molecule has 3 aromatic rings. The summed E-state index contributed by atoms with van der Waals surface area (Å²) < 4.78 is 1.19. The highest BCUT2D eigenvalue weighted by molar-refractivity contribution is 7.98. The Kier molecular flexibility index (Phi) is 7.48. The molecule has 1 atom stereocenters. The number of likely N-dealkylation sites (N-methyl/N-ethyl adjacent to an activating group) is 1. The Hall–Kier alpha value is -1.89. The van der Waals surface area contributed by atoms with Gasteiger partial charge in [-0.05, 0) is 38.6 Å². The smallest absolute Gasteiger partial charge is 0.234 e. The summed E-state index contributed by atoms with van der Waals surface area (Å²) in [5.41, 5.74) is 3.63. The number of thiazole rings is 1. The van der Waals surface area contributed by atoms with Crippen LogP contribution < -0.4 is 5.32 Å². The van der Waals surface area contributed by atoms with Gasteiger partial charge in [0.05, 0.1) is 22.8 Å². The molecule has 0 bridgehead atoms. The number of nitrogens with one attached hydrogen (secondary N) is 1. The van der Waals surface area contributed by atoms with E-state index in [9.17, 15) is 4.79 Å². The summed E-state index contributed by atoms with van der Waals surface area (Å²) in [4.78, 5) is 19.0. The van der Waals surface area contributed by atoms with Crippen molar-refractivity contribution in [3.63, 3.8) is 0 Å². The number of hydrogen-bond acceptors (Lipinski definition) is 5. The minimum Gasteiger partial charge on any atom is -0.354 e. The maximum absolute atomic E-state index is 12.3. The second-order valence-electron chi connectivity index (χ2n) is 7.00. The van der Waals surface area contributed by atoms with Crippen molar-refractivity contribution < 1.29 is 4.79 Å². The molecule has 0 radical (unpaired) electrons. The fraction of sp³-hybridized carbons (Fsp3) is 0.364. The predicted molar refractivity (Wildman–Crippen MR) is 121 cm³/mol. The van der Waals surface area contributed by atoms with E-state index in [2.05, 4.69) is 49.5 Å². The summed E-state index contributed by atoms with van der Waals surface area (Å²) in [7, 11) is 1.97. The molecular formula is C22H27N3OS2. The predicted octanol–water partition coefficient (Wildman–Crippen LogP) is 4.65. The first-order chi connectivity index (χ1) is 13.5. The monoisotopic (exact) mass is 413 g/mol. The summed E-state index contributed by atoms with van der Waals surface area (Å²) in [5.74, 6) is 1.95. The van der Waals surface area contributed by atoms with Gasteiger partial charge < -0.3 is 5.32 Å². The van der Waals surface area contributed by atoms with Gasteiger partial charge in [-0.2, -0.15) is 11.8 Å². The minimum absolute atomic E-state index is 0.0615. The average Bonchev–Trinajstić information content (AvgIpc) is 3.12. The molecule has 1 amide bonds. The Balaban J connectivity index is 1.38. The first-order valence-corrected chi connectivity index (χ1v) is 11.5. The molecule has 0 aliphatic carbocycles. The van der Waals surface area contributed by atoms with E-state index in [0.29, 0.717) is 13.1 Å². The maximum Gasteiger partial charge on any atom is 0.234 e. The van der Waals surface area contributed by atoms with Gasteiger partial charge in [-0.15, -0.1) is 11.3 Å². The summed E-state index contributed by atoms with van der Waals surface area (Å²) in [6.45, 7) is 5.27. The number of rotatable bonds is 9. The zero-order chi connectivity index (χ0) is 19.9. The molecule has 1 N–H and O–H groups in total. The minimum atomic E-state index is 0.0615. The highest BCUT2D eigenvalue weighted by Crippen LogP contribution is 2.28. The number of para-hydroxylation sites is 1. The third kappa shape index (κ3) is 5.80. The van der Waals surface area contributed by atoms with Crippen LogP contribution in [-0.4, -0.2) is 41.7 Å². The number of carbonyl (C=O) groups is 1. The van der Waals surface area contributed by atoms with Crippen LogP contribution >= 0.6 is 23.1 Å². The van der Waals surface area contributed by atoms with Crippen LogP contribution in [0.4, 0.5) is 0 Å². The van der Waals surface area contributed by atoms with Crippen LogP contribution in [0.15, 0.2) is 48.5 Å². The van der Waals surface area contributed by atoms with Crippen molar-refractivity contribution in [2.24, 2.45) is 0 Å². The number of aromatic nitrogens is 1. The fourth-order valence-corrected chi connectivity index (χ4v) is 4.72. The molecule has 0 saturated heterocycles. The van der Waals surface area contributed by atoms with Crippen molar-refractivity contribution in [3.05, 3.63) is 64.7 Å². The van der Waals surface area contributed by atoms with Gasteiger partial charge in [0, 0.05) is 18.1 Å². The molecular weight excluding hydrogens is 386 g/mol. The first kappa shape index (κ1) is 20.8. The van der Waals surface area contributed by atoms with E-state index in [0.717, 1.165) is 22.0 Å². The van der Waals surface area contributed by atoms with Gasteiger partial charge in [0.25, 0.3) is 0 Å². The molecule has 28 heavy (non-hydrogen) atoms. The standard InChI is InChI=1S/C22H27N3OS2/c1-16-8-10-18(11-9-16)15-27-13-12-23-21(26)14-25(3)17(2)22-24-19-6-4-5-7-20(19)28-22/h4-11,17H,12-15H2,1-3H3,(H,23,26)/t17-/m0/s1. The number of amides is 1.